The van der Waals surface area contributed by atoms with Crippen molar-refractivity contribution >= 4 is 17.4 Å². The largest absolute Gasteiger partial charge is 3.00 e. The van der Waals surface area contributed by atoms with Gasteiger partial charge in [0.1, 0.15) is 0 Å². The molecule has 0 amide bonds. The molecule has 0 N–H and O–H groups in total. The Labute approximate surface area is 78.0 Å². The van der Waals surface area contributed by atoms with Gasteiger partial charge in [-0.2, -0.15) is 0 Å². The molecule has 0 unspecified atom stereocenters. The number of hydrogen-bond donors (Lipinski definition) is 0. The molecular weight excluding hydrogens is 230 g/mol. The Hall–Kier alpha value is 1.22. The van der Waals surface area contributed by atoms with Gasteiger partial charge in [-0.25, -0.2) is 0 Å². The summed E-state index contributed by atoms with van der Waals surface area (Å²) in [5.74, 6) is 0. The summed E-state index contributed by atoms with van der Waals surface area (Å²) in [6, 6.07) is 0. The maximum atomic E-state index is 0. The van der Waals surface area contributed by atoms with Crippen molar-refractivity contribution in [2.45, 2.75) is 0 Å². The first-order valence-electron chi connectivity index (χ1n) is 0. The van der Waals surface area contributed by atoms with E-state index < -0.39 is 0 Å². The Morgan fingerprint density at radius 2 is 0.375 bits per heavy atom. The van der Waals surface area contributed by atoms with Crippen molar-refractivity contribution in [1.29, 1.82) is 0 Å². The minimum Gasteiger partial charge on any atom is -1.00 e. The van der Waals surface area contributed by atoms with Crippen molar-refractivity contribution in [3.05, 3.63) is 0 Å². The van der Waals surface area contributed by atoms with E-state index in [9.17, 15) is 0 Å². The summed E-state index contributed by atoms with van der Waals surface area (Å²) in [6.07, 6.45) is 0. The molecule has 48 valence electrons. The molecule has 0 radical (unpaired) electrons. The summed E-state index contributed by atoms with van der Waals surface area (Å²) in [7, 11) is 0. The molecule has 0 spiro atoms. The van der Waals surface area contributed by atoms with Crippen LogP contribution < -0.4 is 28.2 Å². The Balaban J connectivity index is 0. The molecule has 8 heavy (non-hydrogen) atoms. The number of rotatable bonds is 0. The first-order valence-corrected chi connectivity index (χ1v) is 0. The van der Waals surface area contributed by atoms with Gasteiger partial charge in [0.25, 0.3) is 0 Å². The second-order valence-electron chi connectivity index (χ2n) is 0. The molecule has 0 saturated carbocycles. The Bertz CT molecular complexity index is 8.49. The summed E-state index contributed by atoms with van der Waals surface area (Å²) < 4.78 is 0. The van der Waals surface area contributed by atoms with Crippen molar-refractivity contribution in [3.63, 3.8) is 0 Å². The Kier molecular flexibility index (Phi) is 15200. The fourth-order valence-corrected chi connectivity index (χ4v) is 0. The van der Waals surface area contributed by atoms with Crippen LogP contribution in [-0.2, 0) is 32.7 Å². The van der Waals surface area contributed by atoms with Crippen molar-refractivity contribution in [1.82, 2.24) is 0 Å². The van der Waals surface area contributed by atoms with Crippen molar-refractivity contribution in [2.75, 3.05) is 0 Å². The summed E-state index contributed by atoms with van der Waals surface area (Å²) in [4.78, 5) is 0. The van der Waals surface area contributed by atoms with E-state index in [0.717, 1.165) is 0 Å². The quantitative estimate of drug-likeness (QED) is 0.286. The van der Waals surface area contributed by atoms with Crippen LogP contribution in [0, 0.1) is 0 Å². The predicted octanol–water partition coefficient (Wildman–Crippen LogP) is -18.4. The molecule has 0 aliphatic rings. The molecule has 0 aromatic carbocycles. The predicted molar refractivity (Wildman–Crippen MR) is 5.75 cm³/mol. The zero-order valence-electron chi connectivity index (χ0n) is 3.42. The monoisotopic (exact) mass is 230 g/mol. The molecule has 0 aromatic heterocycles. The minimum absolute atomic E-state index is 0. The van der Waals surface area contributed by atoms with Gasteiger partial charge in [-0.3, -0.25) is 0 Å². The van der Waals surface area contributed by atoms with Gasteiger partial charge in [-0.05, 0) is 0 Å². The second kappa shape index (κ2) is 289. The molecule has 0 fully saturated rings. The zero-order valence-corrected chi connectivity index (χ0v) is 7.42. The SMILES string of the molecule is [Al+3].[F-].[F-].[F-].[F-].[F-].[F-].[Y+3]. The zero-order chi connectivity index (χ0) is 0. The van der Waals surface area contributed by atoms with Crippen LogP contribution in [0.15, 0.2) is 0 Å². The van der Waals surface area contributed by atoms with Crippen LogP contribution in [0.25, 0.3) is 0 Å². The maximum Gasteiger partial charge on any atom is 3.00 e. The second-order valence-corrected chi connectivity index (χ2v) is 0. The average Bonchev–Trinajstić information content (AvgIpc) is 0. The van der Waals surface area contributed by atoms with Crippen molar-refractivity contribution in [3.8, 4) is 0 Å². The van der Waals surface area contributed by atoms with Crippen LogP contribution in [0.3, 0.4) is 0 Å². The average molecular weight is 230 g/mol. The van der Waals surface area contributed by atoms with Crippen LogP contribution in [0.2, 0.25) is 0 Å². The topological polar surface area (TPSA) is 0 Å². The fraction of sp³-hybridized carbons (Fsp3) is 0. The smallest absolute Gasteiger partial charge is 1.00 e. The molecule has 0 aliphatic heterocycles. The third-order valence-electron chi connectivity index (χ3n) is 0. The third kappa shape index (κ3) is 188. The van der Waals surface area contributed by atoms with Crippen LogP contribution in [0.1, 0.15) is 0 Å². The van der Waals surface area contributed by atoms with E-state index in [1.807, 2.05) is 0 Å². The van der Waals surface area contributed by atoms with Gasteiger partial charge in [0.15, 0.2) is 0 Å². The van der Waals surface area contributed by atoms with E-state index in [-0.39, 0.29) is 78.3 Å². The van der Waals surface area contributed by atoms with E-state index in [1.54, 1.807) is 0 Å². The molecule has 0 atom stereocenters. The van der Waals surface area contributed by atoms with Gasteiger partial charge < -0.3 is 28.2 Å². The maximum absolute atomic E-state index is 0. The van der Waals surface area contributed by atoms with Gasteiger partial charge in [-0.1, -0.05) is 0 Å². The normalized spacial score (nSPS) is 0. The summed E-state index contributed by atoms with van der Waals surface area (Å²) in [5, 5.41) is 0. The molecule has 0 aromatic rings. The van der Waals surface area contributed by atoms with Crippen molar-refractivity contribution in [2.24, 2.45) is 0 Å². The van der Waals surface area contributed by atoms with E-state index in [2.05, 4.69) is 0 Å². The van der Waals surface area contributed by atoms with Crippen LogP contribution >= 0.6 is 0 Å². The Morgan fingerprint density at radius 1 is 0.375 bits per heavy atom. The first-order chi connectivity index (χ1) is 0. The third-order valence-corrected chi connectivity index (χ3v) is 0. The van der Waals surface area contributed by atoms with Crippen LogP contribution in [0.5, 0.6) is 0 Å². The molecular formula is AlF6Y. The molecule has 0 saturated heterocycles. The fourth-order valence-electron chi connectivity index (χ4n) is 0. The summed E-state index contributed by atoms with van der Waals surface area (Å²) in [5.41, 5.74) is 0. The Morgan fingerprint density at radius 3 is 0.375 bits per heavy atom. The molecule has 0 nitrogen and oxygen atoms in total. The van der Waals surface area contributed by atoms with E-state index in [4.69, 9.17) is 0 Å². The van der Waals surface area contributed by atoms with E-state index in [0.29, 0.717) is 0 Å². The molecule has 0 bridgehead atoms. The van der Waals surface area contributed by atoms with Crippen LogP contribution in [0.4, 0.5) is 0 Å². The minimum atomic E-state index is 0. The van der Waals surface area contributed by atoms with Gasteiger partial charge in [-0.15, -0.1) is 0 Å². The molecule has 0 rings (SSSR count). The molecule has 0 aliphatic carbocycles. The summed E-state index contributed by atoms with van der Waals surface area (Å²) in [6.45, 7) is 0. The number of halogens is 6. The summed E-state index contributed by atoms with van der Waals surface area (Å²) >= 11 is 0. The van der Waals surface area contributed by atoms with E-state index >= 15 is 0 Å². The van der Waals surface area contributed by atoms with Crippen LogP contribution in [-0.4, -0.2) is 17.4 Å². The van der Waals surface area contributed by atoms with Gasteiger partial charge in [0.2, 0.25) is 0 Å². The number of hydrogen-bond acceptors (Lipinski definition) is 0. The molecule has 0 heterocycles. The molecule has 8 heteroatoms. The van der Waals surface area contributed by atoms with Gasteiger partial charge >= 0.3 is 50.1 Å². The van der Waals surface area contributed by atoms with Gasteiger partial charge in [0.05, 0.1) is 0 Å². The van der Waals surface area contributed by atoms with E-state index in [1.165, 1.54) is 0 Å². The van der Waals surface area contributed by atoms with Gasteiger partial charge in [0, 0.05) is 0 Å². The standard InChI is InChI=1S/Al.6FH.Y/h;6*1H;/q+3;;;;;;;+3/p-6. The first kappa shape index (κ1) is 421. The van der Waals surface area contributed by atoms with Crippen molar-refractivity contribution < 1.29 is 60.9 Å².